The van der Waals surface area contributed by atoms with Gasteiger partial charge < -0.3 is 10.6 Å². The van der Waals surface area contributed by atoms with Crippen LogP contribution < -0.4 is 10.6 Å². The van der Waals surface area contributed by atoms with Crippen molar-refractivity contribution in [1.29, 1.82) is 0 Å². The van der Waals surface area contributed by atoms with E-state index < -0.39 is 22.9 Å². The average Bonchev–Trinajstić information content (AvgIpc) is 3.35. The zero-order valence-corrected chi connectivity index (χ0v) is 34.1. The number of ketones is 4. The molecule has 0 spiro atoms. The summed E-state index contributed by atoms with van der Waals surface area (Å²) in [6.45, 7) is 0. The Labute approximate surface area is 367 Å². The predicted molar refractivity (Wildman–Crippen MR) is 243 cm³/mol. The second kappa shape index (κ2) is 15.8. The van der Waals surface area contributed by atoms with Gasteiger partial charge in [-0.1, -0.05) is 133 Å². The van der Waals surface area contributed by atoms with Gasteiger partial charge in [0.05, 0.1) is 0 Å². The highest BCUT2D eigenvalue weighted by Gasteiger charge is 2.43. The number of hydrogen-bond donors (Lipinski definition) is 2. The molecule has 0 aromatic heterocycles. The van der Waals surface area contributed by atoms with Crippen LogP contribution in [-0.2, 0) is 9.59 Å². The molecule has 64 heavy (non-hydrogen) atoms. The molecule has 0 saturated heterocycles. The summed E-state index contributed by atoms with van der Waals surface area (Å²) in [5, 5.41) is 15.4. The Hall–Kier alpha value is -8.50. The molecule has 308 valence electrons. The molecule has 0 radical (unpaired) electrons. The fourth-order valence-corrected chi connectivity index (χ4v) is 8.54. The van der Waals surface area contributed by atoms with E-state index in [1.54, 1.807) is 85.0 Å². The predicted octanol–water partition coefficient (Wildman–Crippen LogP) is 9.83. The normalized spacial score (nSPS) is 19.5. The van der Waals surface area contributed by atoms with Gasteiger partial charge in [-0.2, -0.15) is 10.2 Å². The number of rotatable bonds is 8. The summed E-state index contributed by atoms with van der Waals surface area (Å²) in [5.41, 5.74) is 2.84. The maximum atomic E-state index is 14.7. The number of hydrogen-bond acceptors (Lipinski definition) is 8. The molecule has 0 bridgehead atoms. The molecule has 10 nitrogen and oxygen atoms in total. The van der Waals surface area contributed by atoms with Crippen LogP contribution in [0.1, 0.15) is 87.7 Å². The molecular weight excluding hydrogens is 801 g/mol. The second-order valence-corrected chi connectivity index (χ2v) is 16.0. The molecule has 2 N–H and O–H groups in total. The molecule has 4 aliphatic carbocycles. The van der Waals surface area contributed by atoms with Gasteiger partial charge in [-0.3, -0.25) is 28.8 Å². The van der Waals surface area contributed by atoms with Gasteiger partial charge in [0.25, 0.3) is 11.8 Å². The third kappa shape index (κ3) is 6.87. The van der Waals surface area contributed by atoms with Crippen LogP contribution in [-0.4, -0.2) is 46.0 Å². The third-order valence-electron chi connectivity index (χ3n) is 12.1. The first-order chi connectivity index (χ1) is 31.1. The van der Waals surface area contributed by atoms with Crippen LogP contribution in [0.3, 0.4) is 0 Å². The third-order valence-corrected chi connectivity index (χ3v) is 12.1. The molecule has 10 heteroatoms. The van der Waals surface area contributed by atoms with Crippen molar-refractivity contribution in [2.45, 2.75) is 23.9 Å². The molecular formula is C54H36N4O6. The monoisotopic (exact) mass is 836 g/mol. The first-order valence-corrected chi connectivity index (χ1v) is 20.7. The van der Waals surface area contributed by atoms with Crippen molar-refractivity contribution in [1.82, 2.24) is 0 Å². The Morgan fingerprint density at radius 1 is 0.406 bits per heavy atom. The fraction of sp³-hybridized carbons (Fsp3) is 0.0741. The number of allylic oxidation sites excluding steroid dienone is 4. The number of azo groups is 1. The molecule has 0 heterocycles. The SMILES string of the molecule is O=C1c2ccccc2C(=O)c2cc(NC(=O)C3(N=NC4(C(=O)Nc5ccc6c(c5)C(=O)c5ccccc5C6=O)C=CC(c5ccccc5)=CC4)C=CC(c4ccccc4)=CC3)ccc21. The van der Waals surface area contributed by atoms with E-state index in [4.69, 9.17) is 10.2 Å². The van der Waals surface area contributed by atoms with Crippen LogP contribution in [0.5, 0.6) is 0 Å². The molecule has 0 saturated carbocycles. The summed E-state index contributed by atoms with van der Waals surface area (Å²) >= 11 is 0. The van der Waals surface area contributed by atoms with E-state index in [9.17, 15) is 28.8 Å². The summed E-state index contributed by atoms with van der Waals surface area (Å²) in [7, 11) is 0. The highest BCUT2D eigenvalue weighted by molar-refractivity contribution is 6.29. The summed E-state index contributed by atoms with van der Waals surface area (Å²) in [5.74, 6) is -2.39. The average molecular weight is 837 g/mol. The van der Waals surface area contributed by atoms with Crippen LogP contribution in [0.15, 0.2) is 192 Å². The summed E-state index contributed by atoms with van der Waals surface area (Å²) in [6.07, 6.45) is 10.8. The summed E-state index contributed by atoms with van der Waals surface area (Å²) in [6, 6.07) is 41.8. The smallest absolute Gasteiger partial charge is 0.258 e. The molecule has 10 rings (SSSR count). The van der Waals surface area contributed by atoms with Crippen LogP contribution in [0.4, 0.5) is 11.4 Å². The highest BCUT2D eigenvalue weighted by atomic mass is 16.2. The van der Waals surface area contributed by atoms with Gasteiger partial charge in [-0.25, -0.2) is 0 Å². The zero-order valence-electron chi connectivity index (χ0n) is 34.1. The van der Waals surface area contributed by atoms with Crippen molar-refractivity contribution in [3.63, 3.8) is 0 Å². The zero-order chi connectivity index (χ0) is 44.0. The first kappa shape index (κ1) is 39.6. The minimum Gasteiger partial charge on any atom is -0.324 e. The molecule has 2 atom stereocenters. The van der Waals surface area contributed by atoms with Gasteiger partial charge in [0.1, 0.15) is 0 Å². The lowest BCUT2D eigenvalue weighted by atomic mass is 9.83. The molecule has 6 aromatic rings. The fourth-order valence-electron chi connectivity index (χ4n) is 8.54. The van der Waals surface area contributed by atoms with Gasteiger partial charge >= 0.3 is 0 Å². The lowest BCUT2D eigenvalue weighted by molar-refractivity contribution is -0.121. The van der Waals surface area contributed by atoms with E-state index in [0.29, 0.717) is 11.1 Å². The van der Waals surface area contributed by atoms with Crippen molar-refractivity contribution in [3.8, 4) is 0 Å². The molecule has 4 aliphatic rings. The maximum Gasteiger partial charge on any atom is 0.258 e. The van der Waals surface area contributed by atoms with E-state index in [1.165, 1.54) is 24.3 Å². The maximum absolute atomic E-state index is 14.7. The van der Waals surface area contributed by atoms with E-state index in [2.05, 4.69) is 10.6 Å². The Morgan fingerprint density at radius 2 is 0.734 bits per heavy atom. The topological polar surface area (TPSA) is 151 Å². The quantitative estimate of drug-likeness (QED) is 0.146. The van der Waals surface area contributed by atoms with Gasteiger partial charge in [0.15, 0.2) is 34.2 Å². The van der Waals surface area contributed by atoms with Crippen molar-refractivity contribution in [2.75, 3.05) is 10.6 Å². The number of fused-ring (bicyclic) bond motifs is 4. The van der Waals surface area contributed by atoms with E-state index in [0.717, 1.165) is 22.3 Å². The van der Waals surface area contributed by atoms with Gasteiger partial charge in [-0.15, -0.1) is 0 Å². The lowest BCUT2D eigenvalue weighted by Crippen LogP contribution is -2.43. The van der Waals surface area contributed by atoms with Crippen molar-refractivity contribution >= 4 is 57.5 Å². The van der Waals surface area contributed by atoms with Crippen LogP contribution in [0, 0.1) is 0 Å². The number of carbonyl (C=O) groups is 6. The highest BCUT2D eigenvalue weighted by Crippen LogP contribution is 2.38. The van der Waals surface area contributed by atoms with Gasteiger partial charge in [-0.05, 0) is 70.8 Å². The van der Waals surface area contributed by atoms with Gasteiger partial charge in [0.2, 0.25) is 0 Å². The Balaban J connectivity index is 1.01. The Bertz CT molecular complexity index is 2970. The molecule has 2 amide bonds. The second-order valence-electron chi connectivity index (χ2n) is 16.0. The Morgan fingerprint density at radius 3 is 1.08 bits per heavy atom. The number of carbonyl (C=O) groups excluding carboxylic acids is 6. The van der Waals surface area contributed by atoms with E-state index >= 15 is 0 Å². The van der Waals surface area contributed by atoms with Crippen LogP contribution in [0.25, 0.3) is 11.1 Å². The van der Waals surface area contributed by atoms with Crippen LogP contribution in [0.2, 0.25) is 0 Å². The van der Waals surface area contributed by atoms with Crippen molar-refractivity contribution in [2.24, 2.45) is 10.2 Å². The summed E-state index contributed by atoms with van der Waals surface area (Å²) < 4.78 is 0. The van der Waals surface area contributed by atoms with E-state index in [1.807, 2.05) is 72.8 Å². The van der Waals surface area contributed by atoms with Crippen LogP contribution >= 0.6 is 0 Å². The Kier molecular flexibility index (Phi) is 9.76. The number of nitrogens with one attached hydrogen (secondary N) is 2. The lowest BCUT2D eigenvalue weighted by Gasteiger charge is -2.30. The van der Waals surface area contributed by atoms with Crippen molar-refractivity contribution < 1.29 is 28.8 Å². The number of anilines is 2. The molecule has 0 fully saturated rings. The number of nitrogens with zero attached hydrogens (tertiary/aromatic N) is 2. The molecule has 0 aliphatic heterocycles. The first-order valence-electron chi connectivity index (χ1n) is 20.7. The van der Waals surface area contributed by atoms with E-state index in [-0.39, 0.29) is 80.7 Å². The largest absolute Gasteiger partial charge is 0.324 e. The standard InChI is InChI=1S/C54H36N4O6/c59-47-39-15-7-9-17-41(39)49(61)45-31-37(19-21-43(45)47)55-51(63)53(27-23-35(24-28-53)33-11-3-1-4-12-33)57-58-54(29-25-36(26-30-54)34-13-5-2-6-14-34)52(64)56-38-20-22-44-46(32-38)50(62)42-18-10-8-16-40(42)48(44)60/h1-27,29,31-32H,28,30H2,(H,55,63)(H,56,64). The minimum absolute atomic E-state index is 0.0632. The van der Waals surface area contributed by atoms with Gasteiger partial charge in [0, 0.05) is 68.7 Å². The summed E-state index contributed by atoms with van der Waals surface area (Å²) in [4.78, 5) is 83.3. The molecule has 2 unspecified atom stereocenters. The number of amides is 2. The van der Waals surface area contributed by atoms with Crippen molar-refractivity contribution in [3.05, 3.63) is 238 Å². The molecule has 6 aromatic carbocycles. The number of benzene rings is 6. The minimum atomic E-state index is -1.67.